The fourth-order valence-corrected chi connectivity index (χ4v) is 5.01. The van der Waals surface area contributed by atoms with Gasteiger partial charge >= 0.3 is 5.97 Å². The first kappa shape index (κ1) is 21.4. The zero-order chi connectivity index (χ0) is 23.2. The van der Waals surface area contributed by atoms with Crippen molar-refractivity contribution in [3.63, 3.8) is 0 Å². The van der Waals surface area contributed by atoms with Crippen molar-refractivity contribution in [2.45, 2.75) is 19.3 Å². The quantitative estimate of drug-likeness (QED) is 0.385. The van der Waals surface area contributed by atoms with Gasteiger partial charge in [0.05, 0.1) is 47.6 Å². The second-order valence-corrected chi connectivity index (χ2v) is 9.34. The lowest BCUT2D eigenvalue weighted by Crippen LogP contribution is -2.36. The predicted octanol–water partition coefficient (Wildman–Crippen LogP) is 4.80. The molecular formula is C26H25ClN4O3. The Morgan fingerprint density at radius 1 is 1.18 bits per heavy atom. The van der Waals surface area contributed by atoms with Gasteiger partial charge in [0.15, 0.2) is 0 Å². The number of anilines is 1. The third-order valence-corrected chi connectivity index (χ3v) is 7.01. The number of rotatable bonds is 5. The standard InChI is InChI=1S/C26H25ClN4O3/c1-33-26(32)19-14-17(30-9-11-34-12-10-30)15-22-25(19)29-23(13-16-5-6-16)31(22)21-7-8-28-24-18(21)3-2-4-20(24)27/h2-4,7-8,14-16H,5-6,9-13H2,1H3. The van der Waals surface area contributed by atoms with Gasteiger partial charge in [-0.2, -0.15) is 0 Å². The minimum absolute atomic E-state index is 0.384. The van der Waals surface area contributed by atoms with Gasteiger partial charge in [-0.1, -0.05) is 23.7 Å². The molecule has 2 fully saturated rings. The van der Waals surface area contributed by atoms with Crippen LogP contribution in [0.25, 0.3) is 27.6 Å². The molecule has 2 aromatic carbocycles. The third kappa shape index (κ3) is 3.69. The van der Waals surface area contributed by atoms with Crippen LogP contribution in [0.1, 0.15) is 29.0 Å². The topological polar surface area (TPSA) is 69.5 Å². The normalized spacial score (nSPS) is 16.4. The van der Waals surface area contributed by atoms with Gasteiger partial charge in [-0.3, -0.25) is 9.55 Å². The molecule has 0 N–H and O–H groups in total. The van der Waals surface area contributed by atoms with E-state index in [-0.39, 0.29) is 5.97 Å². The number of hydrogen-bond acceptors (Lipinski definition) is 6. The fraction of sp³-hybridized carbons (Fsp3) is 0.346. The van der Waals surface area contributed by atoms with Crippen LogP contribution in [0.4, 0.5) is 5.69 Å². The largest absolute Gasteiger partial charge is 0.465 e. The van der Waals surface area contributed by atoms with Crippen LogP contribution >= 0.6 is 11.6 Å². The highest BCUT2D eigenvalue weighted by Crippen LogP contribution is 2.37. The molecular weight excluding hydrogens is 452 g/mol. The lowest BCUT2D eigenvalue weighted by Gasteiger charge is -2.29. The van der Waals surface area contributed by atoms with E-state index in [0.717, 1.165) is 53.1 Å². The molecule has 34 heavy (non-hydrogen) atoms. The number of para-hydroxylation sites is 1. The molecule has 2 aromatic heterocycles. The van der Waals surface area contributed by atoms with Gasteiger partial charge in [0.25, 0.3) is 0 Å². The van der Waals surface area contributed by atoms with E-state index in [4.69, 9.17) is 26.1 Å². The molecule has 1 saturated carbocycles. The smallest absolute Gasteiger partial charge is 0.340 e. The van der Waals surface area contributed by atoms with E-state index in [2.05, 4.69) is 20.5 Å². The summed E-state index contributed by atoms with van der Waals surface area (Å²) in [5.74, 6) is 1.17. The number of fused-ring (bicyclic) bond motifs is 2. The molecule has 0 radical (unpaired) electrons. The van der Waals surface area contributed by atoms with Gasteiger partial charge in [-0.05, 0) is 43.0 Å². The van der Waals surface area contributed by atoms with Gasteiger partial charge in [0.2, 0.25) is 0 Å². The molecule has 4 aromatic rings. The molecule has 1 aliphatic carbocycles. The average molecular weight is 477 g/mol. The number of ether oxygens (including phenoxy) is 2. The first-order valence-electron chi connectivity index (χ1n) is 11.6. The maximum atomic E-state index is 12.9. The molecule has 0 bridgehead atoms. The molecule has 0 atom stereocenters. The molecule has 7 nitrogen and oxygen atoms in total. The number of halogens is 1. The van der Waals surface area contributed by atoms with E-state index in [1.54, 1.807) is 6.20 Å². The fourth-order valence-electron chi connectivity index (χ4n) is 4.79. The van der Waals surface area contributed by atoms with E-state index in [1.807, 2.05) is 30.3 Å². The van der Waals surface area contributed by atoms with E-state index in [1.165, 1.54) is 20.0 Å². The van der Waals surface area contributed by atoms with Crippen LogP contribution in [0.15, 0.2) is 42.6 Å². The Morgan fingerprint density at radius 3 is 2.76 bits per heavy atom. The minimum Gasteiger partial charge on any atom is -0.465 e. The molecule has 1 aliphatic heterocycles. The summed E-state index contributed by atoms with van der Waals surface area (Å²) in [6.07, 6.45) is 5.04. The Labute approximate surface area is 202 Å². The average Bonchev–Trinajstić information content (AvgIpc) is 3.62. The van der Waals surface area contributed by atoms with Crippen molar-refractivity contribution in [3.8, 4) is 5.69 Å². The first-order chi connectivity index (χ1) is 16.6. The molecule has 0 spiro atoms. The van der Waals surface area contributed by atoms with Gasteiger partial charge in [0, 0.05) is 36.8 Å². The molecule has 0 amide bonds. The number of aromatic nitrogens is 3. The Bertz CT molecular complexity index is 1410. The number of benzene rings is 2. The number of carbonyl (C=O) groups is 1. The number of nitrogens with zero attached hydrogens (tertiary/aromatic N) is 4. The van der Waals surface area contributed by atoms with E-state index >= 15 is 0 Å². The van der Waals surface area contributed by atoms with E-state index < -0.39 is 0 Å². The van der Waals surface area contributed by atoms with Gasteiger partial charge < -0.3 is 14.4 Å². The molecule has 8 heteroatoms. The summed E-state index contributed by atoms with van der Waals surface area (Å²) in [5.41, 5.74) is 4.69. The predicted molar refractivity (Wildman–Crippen MR) is 132 cm³/mol. The van der Waals surface area contributed by atoms with Crippen LogP contribution in [0.2, 0.25) is 5.02 Å². The molecule has 3 heterocycles. The van der Waals surface area contributed by atoms with Gasteiger partial charge in [-0.15, -0.1) is 0 Å². The summed E-state index contributed by atoms with van der Waals surface area (Å²) in [5, 5.41) is 1.56. The Kier molecular flexibility index (Phi) is 5.38. The van der Waals surface area contributed by atoms with Gasteiger partial charge in [-0.25, -0.2) is 9.78 Å². The molecule has 174 valence electrons. The highest BCUT2D eigenvalue weighted by atomic mass is 35.5. The Balaban J connectivity index is 1.65. The van der Waals surface area contributed by atoms with Crippen molar-refractivity contribution in [1.82, 2.24) is 14.5 Å². The number of hydrogen-bond donors (Lipinski definition) is 0. The van der Waals surface area contributed by atoms with Crippen LogP contribution in [0, 0.1) is 5.92 Å². The SMILES string of the molecule is COC(=O)c1cc(N2CCOCC2)cc2c1nc(CC1CC1)n2-c1ccnc2c(Cl)cccc12. The van der Waals surface area contributed by atoms with Crippen molar-refractivity contribution in [1.29, 1.82) is 0 Å². The van der Waals surface area contributed by atoms with Crippen molar-refractivity contribution in [2.24, 2.45) is 5.92 Å². The number of pyridine rings is 1. The van der Waals surface area contributed by atoms with E-state index in [0.29, 0.717) is 35.2 Å². The van der Waals surface area contributed by atoms with Crippen LogP contribution in [0.3, 0.4) is 0 Å². The summed E-state index contributed by atoms with van der Waals surface area (Å²) in [4.78, 5) is 24.7. The van der Waals surface area contributed by atoms with Crippen LogP contribution in [0.5, 0.6) is 0 Å². The summed E-state index contributed by atoms with van der Waals surface area (Å²) >= 11 is 6.49. The number of methoxy groups -OCH3 is 1. The lowest BCUT2D eigenvalue weighted by atomic mass is 10.1. The molecule has 1 saturated heterocycles. The zero-order valence-electron chi connectivity index (χ0n) is 19.0. The second-order valence-electron chi connectivity index (χ2n) is 8.93. The van der Waals surface area contributed by atoms with Gasteiger partial charge in [0.1, 0.15) is 11.3 Å². The molecule has 6 rings (SSSR count). The van der Waals surface area contributed by atoms with Crippen molar-refractivity contribution in [2.75, 3.05) is 38.3 Å². The zero-order valence-corrected chi connectivity index (χ0v) is 19.7. The van der Waals surface area contributed by atoms with Crippen LogP contribution in [-0.2, 0) is 15.9 Å². The van der Waals surface area contributed by atoms with E-state index in [9.17, 15) is 4.79 Å². The Hall–Kier alpha value is -3.16. The monoisotopic (exact) mass is 476 g/mol. The Morgan fingerprint density at radius 2 is 2.00 bits per heavy atom. The number of morpholine rings is 1. The lowest BCUT2D eigenvalue weighted by molar-refractivity contribution is 0.0603. The van der Waals surface area contributed by atoms with Crippen LogP contribution < -0.4 is 4.90 Å². The number of esters is 1. The first-order valence-corrected chi connectivity index (χ1v) is 12.0. The second kappa shape index (κ2) is 8.56. The molecule has 0 unspecified atom stereocenters. The molecule has 2 aliphatic rings. The minimum atomic E-state index is -0.384. The summed E-state index contributed by atoms with van der Waals surface area (Å²) < 4.78 is 12.9. The van der Waals surface area contributed by atoms with Crippen molar-refractivity contribution in [3.05, 3.63) is 59.0 Å². The number of imidazole rings is 1. The highest BCUT2D eigenvalue weighted by molar-refractivity contribution is 6.35. The van der Waals surface area contributed by atoms with Crippen LogP contribution in [-0.4, -0.2) is 53.9 Å². The maximum absolute atomic E-state index is 12.9. The summed E-state index contributed by atoms with van der Waals surface area (Å²) in [7, 11) is 1.41. The summed E-state index contributed by atoms with van der Waals surface area (Å²) in [6, 6.07) is 11.9. The van der Waals surface area contributed by atoms with Crippen molar-refractivity contribution >= 4 is 45.2 Å². The maximum Gasteiger partial charge on any atom is 0.340 e. The van der Waals surface area contributed by atoms with Crippen molar-refractivity contribution < 1.29 is 14.3 Å². The number of carbonyl (C=O) groups excluding carboxylic acids is 1. The third-order valence-electron chi connectivity index (χ3n) is 6.70. The summed E-state index contributed by atoms with van der Waals surface area (Å²) in [6.45, 7) is 2.85. The highest BCUT2D eigenvalue weighted by Gasteiger charge is 2.28.